The van der Waals surface area contributed by atoms with Crippen molar-refractivity contribution in [3.8, 4) is 28.8 Å². The number of para-hydroxylation sites is 1. The van der Waals surface area contributed by atoms with Gasteiger partial charge in [-0.05, 0) is 56.3 Å². The summed E-state index contributed by atoms with van der Waals surface area (Å²) in [6, 6.07) is 14.9. The van der Waals surface area contributed by atoms with Crippen molar-refractivity contribution in [2.24, 2.45) is 0 Å². The first kappa shape index (κ1) is 31.3. The highest BCUT2D eigenvalue weighted by Crippen LogP contribution is 2.40. The Hall–Kier alpha value is -4.14. The number of furan rings is 1. The number of anilines is 1. The van der Waals surface area contributed by atoms with Crippen LogP contribution in [0.25, 0.3) is 22.9 Å². The maximum Gasteiger partial charge on any atom is 0.246 e. The van der Waals surface area contributed by atoms with Crippen molar-refractivity contribution in [2.45, 2.75) is 50.9 Å². The molecule has 2 atom stereocenters. The second-order valence-electron chi connectivity index (χ2n) is 11.8. The first-order chi connectivity index (χ1) is 20.9. The van der Waals surface area contributed by atoms with Crippen molar-refractivity contribution < 1.29 is 27.4 Å². The molecule has 0 bridgehead atoms. The van der Waals surface area contributed by atoms with E-state index in [1.165, 1.54) is 25.4 Å². The average Bonchev–Trinajstić information content (AvgIpc) is 3.73. The number of ether oxygens (including phenoxy) is 2. The zero-order valence-corrected chi connectivity index (χ0v) is 27.7. The summed E-state index contributed by atoms with van der Waals surface area (Å²) in [5, 5.41) is 19.0. The molecule has 5 rings (SSSR count). The van der Waals surface area contributed by atoms with Crippen LogP contribution in [0.15, 0.2) is 65.3 Å². The van der Waals surface area contributed by atoms with Crippen molar-refractivity contribution in [2.75, 3.05) is 25.1 Å². The molecule has 1 N–H and O–H groups in total. The van der Waals surface area contributed by atoms with Gasteiger partial charge in [0.05, 0.1) is 19.9 Å². The minimum absolute atomic E-state index is 0.0177. The van der Waals surface area contributed by atoms with Crippen LogP contribution in [0.2, 0.25) is 25.7 Å². The van der Waals surface area contributed by atoms with Crippen LogP contribution < -0.4 is 13.8 Å². The maximum absolute atomic E-state index is 14.6. The number of hydrogen-bond acceptors (Lipinski definition) is 9. The van der Waals surface area contributed by atoms with Crippen molar-refractivity contribution in [3.63, 3.8) is 0 Å². The fourth-order valence-corrected chi connectivity index (χ4v) is 7.50. The minimum atomic E-state index is -4.27. The van der Waals surface area contributed by atoms with Crippen molar-refractivity contribution in [3.05, 3.63) is 72.4 Å². The number of sulfonamides is 1. The predicted octanol–water partition coefficient (Wildman–Crippen LogP) is 5.10. The summed E-state index contributed by atoms with van der Waals surface area (Å²) in [7, 11) is -3.01. The Balaban J connectivity index is 1.70. The lowest BCUT2D eigenvalue weighted by atomic mass is 10.2. The number of fused-ring (bicyclic) bond motifs is 1. The third-order valence-corrected chi connectivity index (χ3v) is 11.3. The summed E-state index contributed by atoms with van der Waals surface area (Å²) in [5.74, 6) is 2.14. The van der Waals surface area contributed by atoms with Gasteiger partial charge < -0.3 is 23.4 Å². The zero-order valence-electron chi connectivity index (χ0n) is 25.9. The van der Waals surface area contributed by atoms with Crippen molar-refractivity contribution >= 4 is 29.7 Å². The molecule has 0 saturated heterocycles. The Morgan fingerprint density at radius 3 is 2.32 bits per heavy atom. The molecule has 0 aliphatic heterocycles. The van der Waals surface area contributed by atoms with Gasteiger partial charge in [-0.25, -0.2) is 17.7 Å². The molecule has 1 aromatic carbocycles. The van der Waals surface area contributed by atoms with Crippen molar-refractivity contribution in [1.29, 1.82) is 0 Å². The molecule has 0 saturated carbocycles. The molecule has 0 fully saturated rings. The zero-order chi connectivity index (χ0) is 31.8. The highest BCUT2D eigenvalue weighted by atomic mass is 32.2. The highest BCUT2D eigenvalue weighted by molar-refractivity contribution is 7.93. The third-order valence-electron chi connectivity index (χ3n) is 7.43. The minimum Gasteiger partial charge on any atom is -0.494 e. The fourth-order valence-electron chi connectivity index (χ4n) is 4.89. The van der Waals surface area contributed by atoms with Gasteiger partial charge in [-0.1, -0.05) is 31.8 Å². The Kier molecular flexibility index (Phi) is 8.60. The van der Waals surface area contributed by atoms with Crippen LogP contribution in [-0.4, -0.2) is 71.8 Å². The number of nitrogens with zero attached hydrogens (tertiary/aromatic N) is 6. The van der Waals surface area contributed by atoms with E-state index in [0.29, 0.717) is 40.4 Å². The summed E-state index contributed by atoms with van der Waals surface area (Å²) in [6.45, 7) is 9.90. The van der Waals surface area contributed by atoms with Crippen molar-refractivity contribution in [1.82, 2.24) is 24.1 Å². The number of aromatic nitrogens is 5. The van der Waals surface area contributed by atoms with Gasteiger partial charge in [-0.15, -0.1) is 10.2 Å². The molecular weight excluding hydrogens is 601 g/mol. The maximum atomic E-state index is 14.6. The van der Waals surface area contributed by atoms with Gasteiger partial charge in [-0.3, -0.25) is 4.57 Å². The third kappa shape index (κ3) is 5.96. The molecule has 12 nitrogen and oxygen atoms in total. The average molecular weight is 639 g/mol. The van der Waals surface area contributed by atoms with E-state index < -0.39 is 29.5 Å². The van der Waals surface area contributed by atoms with Crippen LogP contribution in [0, 0.1) is 6.92 Å². The predicted molar refractivity (Wildman–Crippen MR) is 171 cm³/mol. The van der Waals surface area contributed by atoms with E-state index in [4.69, 9.17) is 13.9 Å². The number of aliphatic hydroxyl groups excluding tert-OH is 1. The Labute approximate surface area is 257 Å². The van der Waals surface area contributed by atoms with E-state index in [1.807, 2.05) is 19.1 Å². The van der Waals surface area contributed by atoms with E-state index in [-0.39, 0.29) is 24.0 Å². The molecule has 234 valence electrons. The molecule has 0 aliphatic rings. The molecule has 0 radical (unpaired) electrons. The largest absolute Gasteiger partial charge is 0.494 e. The molecule has 0 unspecified atom stereocenters. The monoisotopic (exact) mass is 638 g/mol. The number of pyridine rings is 1. The van der Waals surface area contributed by atoms with Gasteiger partial charge in [0, 0.05) is 27.0 Å². The van der Waals surface area contributed by atoms with E-state index in [2.05, 4.69) is 34.8 Å². The van der Waals surface area contributed by atoms with Crippen LogP contribution in [0.1, 0.15) is 24.5 Å². The highest BCUT2D eigenvalue weighted by Gasteiger charge is 2.40. The smallest absolute Gasteiger partial charge is 0.246 e. The molecule has 14 heteroatoms. The second kappa shape index (κ2) is 12.1. The summed E-state index contributed by atoms with van der Waals surface area (Å²) in [5.41, 5.74) is 1.25. The SMILES string of the molecule is COc1cccc(OC)c1-n1c(-c2ccc(C)o2)nnc1N(CC[Si](C)(C)C)S(=O)(=O)[C@H](C)[C@@H](O)c1cn2ccccc2n1. The molecule has 44 heavy (non-hydrogen) atoms. The standard InChI is InChI=1S/C30H38N6O6SSi/c1-20-14-15-25(42-20)29-32-33-30(36(29)27-23(40-3)11-10-12-24(27)41-4)35(17-18-44(5,6)7)43(38,39)21(2)28(37)22-19-34-16-9-8-13-26(34)31-22/h8-16,19,21,28,37H,17-18H2,1-7H3/t21-,28-/m1/s1. The van der Waals surface area contributed by atoms with Gasteiger partial charge in [0.15, 0.2) is 5.76 Å². The van der Waals surface area contributed by atoms with Gasteiger partial charge in [0.25, 0.3) is 0 Å². The number of aryl methyl sites for hydroxylation is 1. The summed E-state index contributed by atoms with van der Waals surface area (Å²) in [4.78, 5) is 4.48. The van der Waals surface area contributed by atoms with Crippen LogP contribution in [0.4, 0.5) is 5.95 Å². The summed E-state index contributed by atoms with van der Waals surface area (Å²) >= 11 is 0. The molecule has 5 aromatic rings. The number of aliphatic hydroxyl groups is 1. The molecule has 0 aliphatic carbocycles. The molecule has 0 spiro atoms. The Bertz CT molecular complexity index is 1820. The molecule has 4 heterocycles. The Morgan fingerprint density at radius 1 is 1.02 bits per heavy atom. The van der Waals surface area contributed by atoms with E-state index in [0.717, 1.165) is 0 Å². The van der Waals surface area contributed by atoms with Crippen LogP contribution >= 0.6 is 0 Å². The number of hydrogen-bond donors (Lipinski definition) is 1. The quantitative estimate of drug-likeness (QED) is 0.185. The summed E-state index contributed by atoms with van der Waals surface area (Å²) in [6.07, 6.45) is 2.01. The number of imidazole rings is 1. The first-order valence-electron chi connectivity index (χ1n) is 14.2. The molecular formula is C30H38N6O6SSi. The van der Waals surface area contributed by atoms with Gasteiger partial charge in [0.2, 0.25) is 21.8 Å². The first-order valence-corrected chi connectivity index (χ1v) is 19.4. The number of benzene rings is 1. The number of methoxy groups -OCH3 is 2. The van der Waals surface area contributed by atoms with Crippen LogP contribution in [0.5, 0.6) is 11.5 Å². The van der Waals surface area contributed by atoms with Crippen LogP contribution in [-0.2, 0) is 10.0 Å². The lowest BCUT2D eigenvalue weighted by Crippen LogP contribution is -2.44. The lowest BCUT2D eigenvalue weighted by molar-refractivity contribution is 0.171. The topological polar surface area (TPSA) is 137 Å². The van der Waals surface area contributed by atoms with Gasteiger partial charge in [-0.2, -0.15) is 0 Å². The normalized spacial score (nSPS) is 13.6. The molecule has 0 amide bonds. The fraction of sp³-hybridized carbons (Fsp3) is 0.367. The van der Waals surface area contributed by atoms with E-state index in [1.54, 1.807) is 57.8 Å². The Morgan fingerprint density at radius 2 is 1.73 bits per heavy atom. The van der Waals surface area contributed by atoms with Gasteiger partial charge in [0.1, 0.15) is 39.9 Å². The number of rotatable bonds is 12. The lowest BCUT2D eigenvalue weighted by Gasteiger charge is -2.30. The van der Waals surface area contributed by atoms with E-state index >= 15 is 0 Å². The van der Waals surface area contributed by atoms with E-state index in [9.17, 15) is 13.5 Å². The second-order valence-corrected chi connectivity index (χ2v) is 19.6. The van der Waals surface area contributed by atoms with Gasteiger partial charge >= 0.3 is 0 Å². The summed E-state index contributed by atoms with van der Waals surface area (Å²) < 4.78 is 51.1. The molecule has 4 aromatic heterocycles. The van der Waals surface area contributed by atoms with Crippen LogP contribution in [0.3, 0.4) is 0 Å².